The molecule has 1 saturated carbocycles. The Labute approximate surface area is 127 Å². The monoisotopic (exact) mass is 295 g/mol. The Balaban J connectivity index is 1.79. The van der Waals surface area contributed by atoms with Crippen LogP contribution in [0.2, 0.25) is 0 Å². The van der Waals surface area contributed by atoms with Gasteiger partial charge >= 0.3 is 0 Å². The minimum Gasteiger partial charge on any atom is -0.339 e. The van der Waals surface area contributed by atoms with Crippen LogP contribution in [0.4, 0.5) is 0 Å². The van der Waals surface area contributed by atoms with Gasteiger partial charge in [-0.25, -0.2) is 0 Å². The average molecular weight is 295 g/mol. The fourth-order valence-corrected chi connectivity index (χ4v) is 3.38. The molecule has 5 nitrogen and oxygen atoms in total. The normalized spacial score (nSPS) is 27.0. The molecule has 2 fully saturated rings. The number of hydrogen-bond acceptors (Lipinski definition) is 3. The highest BCUT2D eigenvalue weighted by molar-refractivity contribution is 5.79. The van der Waals surface area contributed by atoms with Crippen molar-refractivity contribution in [1.29, 1.82) is 0 Å². The lowest BCUT2D eigenvalue weighted by molar-refractivity contribution is -0.142. The minimum atomic E-state index is 0.0347. The molecule has 0 radical (unpaired) electrons. The first kappa shape index (κ1) is 16.3. The number of hydrogen-bond donors (Lipinski definition) is 1. The third-order valence-corrected chi connectivity index (χ3v) is 4.84. The van der Waals surface area contributed by atoms with E-state index in [9.17, 15) is 9.59 Å². The number of nitrogens with two attached hydrogens (primary N) is 1. The fraction of sp³-hybridized carbons (Fsp3) is 0.875. The lowest BCUT2D eigenvalue weighted by atomic mass is 9.82. The highest BCUT2D eigenvalue weighted by Crippen LogP contribution is 2.26. The molecule has 5 heteroatoms. The molecule has 2 atom stereocenters. The summed E-state index contributed by atoms with van der Waals surface area (Å²) < 4.78 is 0. The van der Waals surface area contributed by atoms with Crippen molar-refractivity contribution in [2.75, 3.05) is 26.2 Å². The molecule has 0 aromatic rings. The second kappa shape index (κ2) is 7.25. The molecule has 2 unspecified atom stereocenters. The standard InChI is InChI=1S/C16H29N3O2/c1-12(2)16(21)19-9-7-18(8-10-19)15(20)11-13-5-3-4-6-14(13)17/h12-14H,3-11,17H2,1-2H3. The summed E-state index contributed by atoms with van der Waals surface area (Å²) in [7, 11) is 0. The Morgan fingerprint density at radius 2 is 1.62 bits per heavy atom. The van der Waals surface area contributed by atoms with Crippen molar-refractivity contribution in [2.24, 2.45) is 17.6 Å². The minimum absolute atomic E-state index is 0.0347. The third kappa shape index (κ3) is 4.19. The van der Waals surface area contributed by atoms with Crippen molar-refractivity contribution in [1.82, 2.24) is 9.80 Å². The highest BCUT2D eigenvalue weighted by Gasteiger charge is 2.29. The van der Waals surface area contributed by atoms with Crippen LogP contribution in [-0.2, 0) is 9.59 Å². The summed E-state index contributed by atoms with van der Waals surface area (Å²) in [5.74, 6) is 0.791. The second-order valence-electron chi connectivity index (χ2n) is 6.77. The molecule has 0 aromatic heterocycles. The zero-order chi connectivity index (χ0) is 15.4. The van der Waals surface area contributed by atoms with E-state index in [1.165, 1.54) is 12.8 Å². The van der Waals surface area contributed by atoms with Gasteiger partial charge < -0.3 is 15.5 Å². The van der Waals surface area contributed by atoms with Gasteiger partial charge in [0.15, 0.2) is 0 Å². The maximum absolute atomic E-state index is 12.4. The Morgan fingerprint density at radius 1 is 1.05 bits per heavy atom. The van der Waals surface area contributed by atoms with E-state index in [1.54, 1.807) is 0 Å². The molecule has 2 aliphatic rings. The molecule has 21 heavy (non-hydrogen) atoms. The molecule has 0 bridgehead atoms. The summed E-state index contributed by atoms with van der Waals surface area (Å²) in [6, 6.07) is 0.187. The molecule has 2 rings (SSSR count). The first-order valence-electron chi connectivity index (χ1n) is 8.31. The van der Waals surface area contributed by atoms with Crippen molar-refractivity contribution < 1.29 is 9.59 Å². The lowest BCUT2D eigenvalue weighted by Crippen LogP contribution is -2.52. The van der Waals surface area contributed by atoms with Crippen LogP contribution in [0.15, 0.2) is 0 Å². The SMILES string of the molecule is CC(C)C(=O)N1CCN(C(=O)CC2CCCCC2N)CC1. The Kier molecular flexibility index (Phi) is 5.62. The molecule has 0 aromatic carbocycles. The van der Waals surface area contributed by atoms with Crippen LogP contribution in [-0.4, -0.2) is 53.8 Å². The summed E-state index contributed by atoms with van der Waals surface area (Å²) in [5, 5.41) is 0. The Hall–Kier alpha value is -1.10. The zero-order valence-corrected chi connectivity index (χ0v) is 13.4. The molecule has 0 spiro atoms. The van der Waals surface area contributed by atoms with Gasteiger partial charge in [0.1, 0.15) is 0 Å². The van der Waals surface area contributed by atoms with Crippen molar-refractivity contribution in [2.45, 2.75) is 52.0 Å². The number of amides is 2. The van der Waals surface area contributed by atoms with Crippen molar-refractivity contribution in [3.63, 3.8) is 0 Å². The van der Waals surface area contributed by atoms with Crippen molar-refractivity contribution >= 4 is 11.8 Å². The van der Waals surface area contributed by atoms with E-state index < -0.39 is 0 Å². The summed E-state index contributed by atoms with van der Waals surface area (Å²) in [4.78, 5) is 28.1. The number of carbonyl (C=O) groups excluding carboxylic acids is 2. The summed E-state index contributed by atoms with van der Waals surface area (Å²) >= 11 is 0. The molecule has 1 aliphatic carbocycles. The Bertz CT molecular complexity index is 376. The van der Waals surface area contributed by atoms with Gasteiger partial charge in [-0.2, -0.15) is 0 Å². The van der Waals surface area contributed by atoms with Gasteiger partial charge in [-0.05, 0) is 18.8 Å². The predicted octanol–water partition coefficient (Wildman–Crippen LogP) is 1.22. The predicted molar refractivity (Wildman–Crippen MR) is 82.5 cm³/mol. The molecular formula is C16H29N3O2. The smallest absolute Gasteiger partial charge is 0.225 e. The van der Waals surface area contributed by atoms with Crippen LogP contribution < -0.4 is 5.73 Å². The fourth-order valence-electron chi connectivity index (χ4n) is 3.38. The average Bonchev–Trinajstić information content (AvgIpc) is 2.49. The van der Waals surface area contributed by atoms with Gasteiger partial charge in [-0.3, -0.25) is 9.59 Å². The van der Waals surface area contributed by atoms with Gasteiger partial charge in [0.05, 0.1) is 0 Å². The van der Waals surface area contributed by atoms with Crippen LogP contribution >= 0.6 is 0 Å². The summed E-state index contributed by atoms with van der Waals surface area (Å²) in [5.41, 5.74) is 6.13. The van der Waals surface area contributed by atoms with E-state index in [0.29, 0.717) is 38.5 Å². The van der Waals surface area contributed by atoms with E-state index in [-0.39, 0.29) is 23.8 Å². The van der Waals surface area contributed by atoms with E-state index in [0.717, 1.165) is 12.8 Å². The van der Waals surface area contributed by atoms with Crippen LogP contribution in [0.5, 0.6) is 0 Å². The van der Waals surface area contributed by atoms with Crippen LogP contribution in [0.1, 0.15) is 46.0 Å². The molecular weight excluding hydrogens is 266 g/mol. The first-order chi connectivity index (χ1) is 9.99. The summed E-state index contributed by atoms with van der Waals surface area (Å²) in [6.45, 7) is 6.51. The molecule has 2 amide bonds. The molecule has 2 N–H and O–H groups in total. The second-order valence-corrected chi connectivity index (χ2v) is 6.77. The van der Waals surface area contributed by atoms with E-state index in [2.05, 4.69) is 0 Å². The Morgan fingerprint density at radius 3 is 2.19 bits per heavy atom. The van der Waals surface area contributed by atoms with Crippen LogP contribution in [0.25, 0.3) is 0 Å². The summed E-state index contributed by atoms with van der Waals surface area (Å²) in [6.07, 6.45) is 5.11. The zero-order valence-electron chi connectivity index (χ0n) is 13.4. The number of carbonyl (C=O) groups is 2. The number of piperazine rings is 1. The third-order valence-electron chi connectivity index (χ3n) is 4.84. The topological polar surface area (TPSA) is 66.6 Å². The quantitative estimate of drug-likeness (QED) is 0.851. The molecule has 120 valence electrons. The maximum atomic E-state index is 12.4. The molecule has 1 heterocycles. The first-order valence-corrected chi connectivity index (χ1v) is 8.31. The van der Waals surface area contributed by atoms with Crippen LogP contribution in [0.3, 0.4) is 0 Å². The van der Waals surface area contributed by atoms with Gasteiger partial charge in [0.25, 0.3) is 0 Å². The van der Waals surface area contributed by atoms with Crippen molar-refractivity contribution in [3.8, 4) is 0 Å². The van der Waals surface area contributed by atoms with Gasteiger partial charge in [-0.1, -0.05) is 26.7 Å². The lowest BCUT2D eigenvalue weighted by Gasteiger charge is -2.37. The van der Waals surface area contributed by atoms with E-state index in [4.69, 9.17) is 5.73 Å². The van der Waals surface area contributed by atoms with Crippen molar-refractivity contribution in [3.05, 3.63) is 0 Å². The van der Waals surface area contributed by atoms with Gasteiger partial charge in [-0.15, -0.1) is 0 Å². The number of nitrogens with zero attached hydrogens (tertiary/aromatic N) is 2. The molecule has 1 saturated heterocycles. The van der Waals surface area contributed by atoms with Crippen LogP contribution in [0, 0.1) is 11.8 Å². The highest BCUT2D eigenvalue weighted by atomic mass is 16.2. The van der Waals surface area contributed by atoms with E-state index >= 15 is 0 Å². The van der Waals surface area contributed by atoms with Gasteiger partial charge in [0, 0.05) is 44.6 Å². The molecule has 1 aliphatic heterocycles. The largest absolute Gasteiger partial charge is 0.339 e. The number of rotatable bonds is 3. The van der Waals surface area contributed by atoms with E-state index in [1.807, 2.05) is 23.6 Å². The van der Waals surface area contributed by atoms with Gasteiger partial charge in [0.2, 0.25) is 11.8 Å². The maximum Gasteiger partial charge on any atom is 0.225 e.